The summed E-state index contributed by atoms with van der Waals surface area (Å²) in [6, 6.07) is 4.72. The van der Waals surface area contributed by atoms with E-state index in [0.29, 0.717) is 25.4 Å². The predicted molar refractivity (Wildman–Crippen MR) is 69.7 cm³/mol. The predicted octanol–water partition coefficient (Wildman–Crippen LogP) is 0.892. The zero-order valence-electron chi connectivity index (χ0n) is 10.3. The van der Waals surface area contributed by atoms with Gasteiger partial charge in [0.15, 0.2) is 0 Å². The summed E-state index contributed by atoms with van der Waals surface area (Å²) in [5, 5.41) is 0. The highest BCUT2D eigenvalue weighted by molar-refractivity contribution is 7.89. The third-order valence-corrected chi connectivity index (χ3v) is 4.56. The van der Waals surface area contributed by atoms with Crippen molar-refractivity contribution in [2.24, 2.45) is 5.92 Å². The van der Waals surface area contributed by atoms with Crippen LogP contribution in [0.4, 0.5) is 5.69 Å². The summed E-state index contributed by atoms with van der Waals surface area (Å²) in [5.74, 6) is 0.273. The smallest absolute Gasteiger partial charge is 0.240 e. The van der Waals surface area contributed by atoms with E-state index in [1.54, 1.807) is 19.1 Å². The SMILES string of the molecule is Cc1cc(S(=O)(=O)NCC2CCOC2)ccc1N. The van der Waals surface area contributed by atoms with Crippen molar-refractivity contribution in [2.75, 3.05) is 25.5 Å². The second kappa shape index (κ2) is 5.26. The van der Waals surface area contributed by atoms with Gasteiger partial charge in [0.1, 0.15) is 0 Å². The van der Waals surface area contributed by atoms with E-state index in [0.717, 1.165) is 12.0 Å². The molecule has 1 atom stereocenters. The summed E-state index contributed by atoms with van der Waals surface area (Å²) < 4.78 is 31.9. The number of anilines is 1. The largest absolute Gasteiger partial charge is 0.399 e. The summed E-state index contributed by atoms with van der Waals surface area (Å²) in [4.78, 5) is 0.258. The maximum atomic E-state index is 12.1. The number of ether oxygens (including phenoxy) is 1. The molecular weight excluding hydrogens is 252 g/mol. The van der Waals surface area contributed by atoms with Gasteiger partial charge < -0.3 is 10.5 Å². The summed E-state index contributed by atoms with van der Waals surface area (Å²) in [6.45, 7) is 3.56. The van der Waals surface area contributed by atoms with Gasteiger partial charge in [-0.05, 0) is 43.0 Å². The Labute approximate surface area is 107 Å². The zero-order chi connectivity index (χ0) is 13.2. The number of nitrogens with one attached hydrogen (secondary N) is 1. The standard InChI is InChI=1S/C12H18N2O3S/c1-9-6-11(2-3-12(9)13)18(15,16)14-7-10-4-5-17-8-10/h2-3,6,10,14H,4-5,7-8,13H2,1H3. The molecule has 2 rings (SSSR count). The quantitative estimate of drug-likeness (QED) is 0.796. The number of rotatable bonds is 4. The van der Waals surface area contributed by atoms with Crippen LogP contribution >= 0.6 is 0 Å². The summed E-state index contributed by atoms with van der Waals surface area (Å²) >= 11 is 0. The highest BCUT2D eigenvalue weighted by Crippen LogP contribution is 2.17. The van der Waals surface area contributed by atoms with E-state index in [2.05, 4.69) is 4.72 Å². The number of hydrogen-bond acceptors (Lipinski definition) is 4. The Kier molecular flexibility index (Phi) is 3.89. The molecule has 6 heteroatoms. The highest BCUT2D eigenvalue weighted by atomic mass is 32.2. The van der Waals surface area contributed by atoms with Crippen LogP contribution in [0.1, 0.15) is 12.0 Å². The Morgan fingerprint density at radius 2 is 2.28 bits per heavy atom. The first-order chi connectivity index (χ1) is 8.49. The maximum Gasteiger partial charge on any atom is 0.240 e. The van der Waals surface area contributed by atoms with Crippen molar-refractivity contribution in [1.29, 1.82) is 0 Å². The van der Waals surface area contributed by atoms with Crippen LogP contribution in [0.5, 0.6) is 0 Å². The normalized spacial score (nSPS) is 20.2. The molecule has 100 valence electrons. The van der Waals surface area contributed by atoms with Gasteiger partial charge in [-0.25, -0.2) is 13.1 Å². The van der Waals surface area contributed by atoms with E-state index < -0.39 is 10.0 Å². The Hall–Kier alpha value is -1.11. The molecule has 0 spiro atoms. The zero-order valence-corrected chi connectivity index (χ0v) is 11.2. The first-order valence-electron chi connectivity index (χ1n) is 5.92. The van der Waals surface area contributed by atoms with Crippen molar-refractivity contribution in [3.8, 4) is 0 Å². The van der Waals surface area contributed by atoms with Crippen LogP contribution in [0.25, 0.3) is 0 Å². The van der Waals surface area contributed by atoms with Gasteiger partial charge in [0, 0.05) is 18.8 Å². The molecule has 18 heavy (non-hydrogen) atoms. The van der Waals surface area contributed by atoms with E-state index in [9.17, 15) is 8.42 Å². The van der Waals surface area contributed by atoms with E-state index >= 15 is 0 Å². The van der Waals surface area contributed by atoms with Crippen molar-refractivity contribution in [1.82, 2.24) is 4.72 Å². The molecule has 0 aliphatic carbocycles. The molecule has 1 aliphatic heterocycles. The molecule has 1 saturated heterocycles. The third-order valence-electron chi connectivity index (χ3n) is 3.14. The van der Waals surface area contributed by atoms with Gasteiger partial charge in [-0.3, -0.25) is 0 Å². The van der Waals surface area contributed by atoms with E-state index in [1.807, 2.05) is 0 Å². The minimum atomic E-state index is -3.45. The number of hydrogen-bond donors (Lipinski definition) is 2. The molecule has 0 amide bonds. The van der Waals surface area contributed by atoms with Gasteiger partial charge in [-0.15, -0.1) is 0 Å². The van der Waals surface area contributed by atoms with Crippen LogP contribution in [-0.2, 0) is 14.8 Å². The lowest BCUT2D eigenvalue weighted by Gasteiger charge is -2.11. The van der Waals surface area contributed by atoms with Crippen molar-refractivity contribution in [3.63, 3.8) is 0 Å². The Morgan fingerprint density at radius 3 is 2.89 bits per heavy atom. The summed E-state index contributed by atoms with van der Waals surface area (Å²) in [6.07, 6.45) is 0.906. The van der Waals surface area contributed by atoms with Crippen LogP contribution in [0, 0.1) is 12.8 Å². The number of benzene rings is 1. The topological polar surface area (TPSA) is 81.4 Å². The van der Waals surface area contributed by atoms with Crippen molar-refractivity contribution in [2.45, 2.75) is 18.2 Å². The number of nitrogens with two attached hydrogens (primary N) is 1. The van der Waals surface area contributed by atoms with Crippen LogP contribution in [-0.4, -0.2) is 28.2 Å². The molecule has 5 nitrogen and oxygen atoms in total. The fourth-order valence-corrected chi connectivity index (χ4v) is 3.07. The molecule has 0 aromatic heterocycles. The lowest BCUT2D eigenvalue weighted by atomic mass is 10.1. The molecular formula is C12H18N2O3S. The number of aryl methyl sites for hydroxylation is 1. The molecule has 0 radical (unpaired) electrons. The fourth-order valence-electron chi connectivity index (χ4n) is 1.87. The molecule has 1 heterocycles. The summed E-state index contributed by atoms with van der Waals surface area (Å²) in [7, 11) is -3.45. The second-order valence-electron chi connectivity index (χ2n) is 4.60. The fraction of sp³-hybridized carbons (Fsp3) is 0.500. The lowest BCUT2D eigenvalue weighted by Crippen LogP contribution is -2.29. The average Bonchev–Trinajstić information content (AvgIpc) is 2.83. The van der Waals surface area contributed by atoms with Crippen LogP contribution < -0.4 is 10.5 Å². The second-order valence-corrected chi connectivity index (χ2v) is 6.37. The Morgan fingerprint density at radius 1 is 1.50 bits per heavy atom. The third kappa shape index (κ3) is 3.01. The minimum absolute atomic E-state index is 0.258. The van der Waals surface area contributed by atoms with E-state index in [1.165, 1.54) is 6.07 Å². The van der Waals surface area contributed by atoms with Gasteiger partial charge in [-0.1, -0.05) is 0 Å². The molecule has 1 unspecified atom stereocenters. The molecule has 1 aromatic rings. The molecule has 0 saturated carbocycles. The first-order valence-corrected chi connectivity index (χ1v) is 7.41. The summed E-state index contributed by atoms with van der Waals surface area (Å²) in [5.41, 5.74) is 7.04. The number of nitrogen functional groups attached to an aromatic ring is 1. The van der Waals surface area contributed by atoms with Gasteiger partial charge in [0.2, 0.25) is 10.0 Å². The lowest BCUT2D eigenvalue weighted by molar-refractivity contribution is 0.186. The maximum absolute atomic E-state index is 12.1. The van der Waals surface area contributed by atoms with Crippen LogP contribution in [0.2, 0.25) is 0 Å². The first kappa shape index (κ1) is 13.3. The highest BCUT2D eigenvalue weighted by Gasteiger charge is 2.20. The van der Waals surface area contributed by atoms with Gasteiger partial charge >= 0.3 is 0 Å². The Balaban J connectivity index is 2.07. The van der Waals surface area contributed by atoms with Crippen molar-refractivity contribution in [3.05, 3.63) is 23.8 Å². The van der Waals surface area contributed by atoms with E-state index in [4.69, 9.17) is 10.5 Å². The average molecular weight is 270 g/mol. The molecule has 0 bridgehead atoms. The van der Waals surface area contributed by atoms with E-state index in [-0.39, 0.29) is 10.8 Å². The van der Waals surface area contributed by atoms with Gasteiger partial charge in [0.25, 0.3) is 0 Å². The van der Waals surface area contributed by atoms with Crippen molar-refractivity contribution < 1.29 is 13.2 Å². The van der Waals surface area contributed by atoms with Gasteiger partial charge in [0.05, 0.1) is 11.5 Å². The van der Waals surface area contributed by atoms with Crippen LogP contribution in [0.15, 0.2) is 23.1 Å². The monoisotopic (exact) mass is 270 g/mol. The van der Waals surface area contributed by atoms with Crippen LogP contribution in [0.3, 0.4) is 0 Å². The van der Waals surface area contributed by atoms with Gasteiger partial charge in [-0.2, -0.15) is 0 Å². The van der Waals surface area contributed by atoms with Crippen molar-refractivity contribution >= 4 is 15.7 Å². The minimum Gasteiger partial charge on any atom is -0.399 e. The number of sulfonamides is 1. The molecule has 1 fully saturated rings. The molecule has 1 aromatic carbocycles. The molecule has 3 N–H and O–H groups in total. The Bertz CT molecular complexity index is 522. The molecule has 1 aliphatic rings.